The molecule has 2 rings (SSSR count). The largest absolute Gasteiger partial charge is 1.00 e. The van der Waals surface area contributed by atoms with Gasteiger partial charge < -0.3 is 40.2 Å². The number of ether oxygens (including phenoxy) is 1. The van der Waals surface area contributed by atoms with E-state index in [9.17, 15) is 0 Å². The van der Waals surface area contributed by atoms with Gasteiger partial charge in [-0.15, -0.1) is 0 Å². The van der Waals surface area contributed by atoms with Crippen molar-refractivity contribution in [2.24, 2.45) is 5.92 Å². The predicted octanol–water partition coefficient (Wildman–Crippen LogP) is -2.51. The van der Waals surface area contributed by atoms with Gasteiger partial charge in [-0.2, -0.15) is 0 Å². The molecule has 0 amide bonds. The Morgan fingerprint density at radius 1 is 1.23 bits per heavy atom. The van der Waals surface area contributed by atoms with Crippen LogP contribution in [-0.2, 0) is 6.54 Å². The minimum atomic E-state index is 0. The van der Waals surface area contributed by atoms with Gasteiger partial charge in [-0.1, -0.05) is 23.2 Å². The molecule has 0 saturated carbocycles. The monoisotopic (exact) mass is 386 g/mol. The van der Waals surface area contributed by atoms with Crippen molar-refractivity contribution in [2.75, 3.05) is 26.2 Å². The van der Waals surface area contributed by atoms with Crippen LogP contribution in [0, 0.1) is 5.92 Å². The van der Waals surface area contributed by atoms with Gasteiger partial charge in [-0.25, -0.2) is 0 Å². The number of halogens is 4. The van der Waals surface area contributed by atoms with Crippen LogP contribution in [-0.4, -0.2) is 26.2 Å². The molecule has 0 spiro atoms. The Kier molecular flexibility index (Phi) is 11.7. The number of hydrogen-bond donors (Lipinski definition) is 2. The first kappa shape index (κ1) is 22.1. The fourth-order valence-corrected chi connectivity index (χ4v) is 3.14. The van der Waals surface area contributed by atoms with Crippen molar-refractivity contribution in [2.45, 2.75) is 26.3 Å². The SMILES string of the molecule is CCOc1c(Cl)cc(Cl)cc1CNCC1CCNCC1.[Cl-].[Cl-]. The van der Waals surface area contributed by atoms with Crippen LogP contribution in [0.15, 0.2) is 12.1 Å². The highest BCUT2D eigenvalue weighted by Crippen LogP contribution is 2.32. The molecule has 1 saturated heterocycles. The van der Waals surface area contributed by atoms with Crippen molar-refractivity contribution < 1.29 is 29.6 Å². The Morgan fingerprint density at radius 3 is 2.55 bits per heavy atom. The van der Waals surface area contributed by atoms with E-state index in [4.69, 9.17) is 27.9 Å². The molecule has 1 aromatic rings. The normalized spacial score (nSPS) is 14.9. The van der Waals surface area contributed by atoms with Crippen LogP contribution in [0.2, 0.25) is 10.0 Å². The van der Waals surface area contributed by atoms with Gasteiger partial charge in [-0.3, -0.25) is 0 Å². The Hall–Kier alpha value is 0.1000. The maximum absolute atomic E-state index is 6.20. The summed E-state index contributed by atoms with van der Waals surface area (Å²) in [7, 11) is 0. The first-order valence-corrected chi connectivity index (χ1v) is 7.98. The van der Waals surface area contributed by atoms with Crippen molar-refractivity contribution in [3.05, 3.63) is 27.7 Å². The summed E-state index contributed by atoms with van der Waals surface area (Å²) in [6.45, 7) is 6.57. The lowest BCUT2D eigenvalue weighted by molar-refractivity contribution is -0.001000. The number of rotatable bonds is 6. The molecule has 0 atom stereocenters. The molecule has 128 valence electrons. The third-order valence-corrected chi connectivity index (χ3v) is 4.08. The number of piperidine rings is 1. The number of hydrogen-bond acceptors (Lipinski definition) is 3. The van der Waals surface area contributed by atoms with Crippen LogP contribution < -0.4 is 40.2 Å². The quantitative estimate of drug-likeness (QED) is 0.565. The Morgan fingerprint density at radius 2 is 1.91 bits per heavy atom. The van der Waals surface area contributed by atoms with E-state index in [0.29, 0.717) is 16.7 Å². The van der Waals surface area contributed by atoms with E-state index in [1.165, 1.54) is 12.8 Å². The van der Waals surface area contributed by atoms with E-state index in [1.54, 1.807) is 6.07 Å². The predicted molar refractivity (Wildman–Crippen MR) is 84.9 cm³/mol. The number of nitrogens with one attached hydrogen (secondary N) is 2. The maximum atomic E-state index is 6.20. The molecule has 1 aliphatic rings. The summed E-state index contributed by atoms with van der Waals surface area (Å²) in [6.07, 6.45) is 2.48. The van der Waals surface area contributed by atoms with Crippen molar-refractivity contribution in [1.29, 1.82) is 0 Å². The molecule has 0 unspecified atom stereocenters. The summed E-state index contributed by atoms with van der Waals surface area (Å²) >= 11 is 12.3. The van der Waals surface area contributed by atoms with E-state index in [1.807, 2.05) is 13.0 Å². The molecule has 0 radical (unpaired) electrons. The Labute approximate surface area is 155 Å². The summed E-state index contributed by atoms with van der Waals surface area (Å²) in [5.74, 6) is 1.50. The number of benzene rings is 1. The van der Waals surface area contributed by atoms with Crippen LogP contribution in [0.3, 0.4) is 0 Å². The van der Waals surface area contributed by atoms with Crippen LogP contribution in [0.4, 0.5) is 0 Å². The second kappa shape index (κ2) is 11.6. The molecule has 0 aromatic heterocycles. The third-order valence-electron chi connectivity index (χ3n) is 3.58. The molecule has 1 heterocycles. The molecule has 2 N–H and O–H groups in total. The van der Waals surface area contributed by atoms with Crippen molar-refractivity contribution in [1.82, 2.24) is 10.6 Å². The highest BCUT2D eigenvalue weighted by atomic mass is 35.5. The fourth-order valence-electron chi connectivity index (χ4n) is 2.55. The third kappa shape index (κ3) is 6.69. The first-order valence-electron chi connectivity index (χ1n) is 7.23. The topological polar surface area (TPSA) is 33.3 Å². The van der Waals surface area contributed by atoms with E-state index < -0.39 is 0 Å². The summed E-state index contributed by atoms with van der Waals surface area (Å²) in [5, 5.41) is 8.11. The van der Waals surface area contributed by atoms with Gasteiger partial charge in [0, 0.05) is 17.1 Å². The highest BCUT2D eigenvalue weighted by molar-refractivity contribution is 6.35. The van der Waals surface area contributed by atoms with Gasteiger partial charge in [0.15, 0.2) is 0 Å². The lowest BCUT2D eigenvalue weighted by atomic mass is 9.98. The average Bonchev–Trinajstić information content (AvgIpc) is 2.43. The molecular weight excluding hydrogens is 366 g/mol. The minimum absolute atomic E-state index is 0. The highest BCUT2D eigenvalue weighted by Gasteiger charge is 2.14. The van der Waals surface area contributed by atoms with Crippen molar-refractivity contribution >= 4 is 23.2 Å². The second-order valence-corrected chi connectivity index (χ2v) is 5.98. The molecule has 1 aliphatic heterocycles. The lowest BCUT2D eigenvalue weighted by Crippen LogP contribution is -3.00. The molecule has 0 aliphatic carbocycles. The molecule has 3 nitrogen and oxygen atoms in total. The van der Waals surface area contributed by atoms with Crippen molar-refractivity contribution in [3.63, 3.8) is 0 Å². The Bertz CT molecular complexity index is 440. The molecular formula is C15H22Cl4N2O-2. The van der Waals surface area contributed by atoms with Gasteiger partial charge in [0.05, 0.1) is 11.6 Å². The van der Waals surface area contributed by atoms with Crippen LogP contribution >= 0.6 is 23.2 Å². The zero-order chi connectivity index (χ0) is 14.4. The zero-order valence-corrected chi connectivity index (χ0v) is 15.6. The molecule has 22 heavy (non-hydrogen) atoms. The fraction of sp³-hybridized carbons (Fsp3) is 0.600. The summed E-state index contributed by atoms with van der Waals surface area (Å²) in [6, 6.07) is 3.65. The van der Waals surface area contributed by atoms with Gasteiger partial charge in [0.25, 0.3) is 0 Å². The van der Waals surface area contributed by atoms with Gasteiger partial charge in [-0.05, 0) is 57.5 Å². The lowest BCUT2D eigenvalue weighted by Gasteiger charge is -2.23. The van der Waals surface area contributed by atoms with Crippen LogP contribution in [0.5, 0.6) is 5.75 Å². The van der Waals surface area contributed by atoms with E-state index in [0.717, 1.165) is 43.4 Å². The molecule has 7 heteroatoms. The summed E-state index contributed by atoms with van der Waals surface area (Å²) in [5.41, 5.74) is 1.03. The maximum Gasteiger partial charge on any atom is 0.142 e. The standard InChI is InChI=1S/C15H22Cl2N2O.2ClH/c1-2-20-15-12(7-13(16)8-14(15)17)10-19-9-11-3-5-18-6-4-11;;/h7-8,11,18-19H,2-6,9-10H2,1H3;2*1H/p-2. The van der Waals surface area contributed by atoms with Gasteiger partial charge in [0.1, 0.15) is 5.75 Å². The van der Waals surface area contributed by atoms with E-state index >= 15 is 0 Å². The summed E-state index contributed by atoms with van der Waals surface area (Å²) < 4.78 is 5.62. The molecule has 0 bridgehead atoms. The van der Waals surface area contributed by atoms with E-state index in [2.05, 4.69) is 10.6 Å². The molecule has 1 fully saturated rings. The zero-order valence-electron chi connectivity index (χ0n) is 12.6. The smallest absolute Gasteiger partial charge is 0.142 e. The molecule has 1 aromatic carbocycles. The minimum Gasteiger partial charge on any atom is -1.00 e. The summed E-state index contributed by atoms with van der Waals surface area (Å²) in [4.78, 5) is 0. The first-order chi connectivity index (χ1) is 9.70. The van der Waals surface area contributed by atoms with E-state index in [-0.39, 0.29) is 24.8 Å². The average molecular weight is 388 g/mol. The second-order valence-electron chi connectivity index (χ2n) is 5.13. The van der Waals surface area contributed by atoms with Gasteiger partial charge in [0.2, 0.25) is 0 Å². The van der Waals surface area contributed by atoms with Gasteiger partial charge >= 0.3 is 0 Å². The van der Waals surface area contributed by atoms with Crippen LogP contribution in [0.25, 0.3) is 0 Å². The van der Waals surface area contributed by atoms with Crippen molar-refractivity contribution in [3.8, 4) is 5.75 Å². The van der Waals surface area contributed by atoms with Crippen LogP contribution in [0.1, 0.15) is 25.3 Å². The Balaban J connectivity index is 0.00000220.